The lowest BCUT2D eigenvalue weighted by Crippen LogP contribution is -2.20. The van der Waals surface area contributed by atoms with Crippen molar-refractivity contribution in [1.82, 2.24) is 19.9 Å². The maximum Gasteiger partial charge on any atom is 0.416 e. The van der Waals surface area contributed by atoms with E-state index in [1.165, 1.54) is 36.9 Å². The fourth-order valence-corrected chi connectivity index (χ4v) is 3.15. The third-order valence-corrected chi connectivity index (χ3v) is 4.82. The predicted molar refractivity (Wildman–Crippen MR) is 117 cm³/mol. The summed E-state index contributed by atoms with van der Waals surface area (Å²) in [5, 5.41) is 16.7. The van der Waals surface area contributed by atoms with Gasteiger partial charge in [0.15, 0.2) is 6.20 Å². The number of imidazole rings is 1. The molecule has 0 fully saturated rings. The number of aromatic nitrogens is 5. The number of halogens is 4. The summed E-state index contributed by atoms with van der Waals surface area (Å²) in [5.41, 5.74) is -0.979. The smallest absolute Gasteiger partial charge is 0.350 e. The van der Waals surface area contributed by atoms with Crippen LogP contribution in [0.25, 0.3) is 22.6 Å². The Morgan fingerprint density at radius 2 is 1.89 bits per heavy atom. The van der Waals surface area contributed by atoms with Crippen molar-refractivity contribution in [2.45, 2.75) is 6.18 Å². The minimum Gasteiger partial charge on any atom is -0.350 e. The number of hydrogen-bond donors (Lipinski definition) is 3. The maximum absolute atomic E-state index is 14.7. The summed E-state index contributed by atoms with van der Waals surface area (Å²) in [7, 11) is 0. The highest BCUT2D eigenvalue weighted by atomic mass is 19.4. The number of aromatic amines is 2. The number of alkyl halides is 3. The average molecular weight is 489 g/mol. The van der Waals surface area contributed by atoms with Gasteiger partial charge in [-0.05, 0) is 18.2 Å². The summed E-state index contributed by atoms with van der Waals surface area (Å²) in [6.07, 6.45) is 0.954. The van der Waals surface area contributed by atoms with Crippen molar-refractivity contribution in [2.24, 2.45) is 0 Å². The van der Waals surface area contributed by atoms with Crippen molar-refractivity contribution in [3.8, 4) is 22.6 Å². The van der Waals surface area contributed by atoms with Crippen LogP contribution < -0.4 is 15.6 Å². The molecule has 0 amide bonds. The van der Waals surface area contributed by atoms with Crippen LogP contribution in [0.4, 0.5) is 35.0 Å². The molecule has 0 saturated carbocycles. The quantitative estimate of drug-likeness (QED) is 0.148. The fourth-order valence-electron chi connectivity index (χ4n) is 3.15. The topological polar surface area (TPSA) is 136 Å². The Morgan fingerprint density at radius 3 is 2.51 bits per heavy atom. The molecule has 0 aliphatic carbocycles. The molecule has 0 radical (unpaired) electrons. The van der Waals surface area contributed by atoms with Crippen LogP contribution in [0, 0.1) is 15.9 Å². The Kier molecular flexibility index (Phi) is 6.53. The van der Waals surface area contributed by atoms with Gasteiger partial charge >= 0.3 is 11.9 Å². The first-order valence-electron chi connectivity index (χ1n) is 10.1. The van der Waals surface area contributed by atoms with Gasteiger partial charge in [-0.15, -0.1) is 0 Å². The van der Waals surface area contributed by atoms with Gasteiger partial charge in [-0.1, -0.05) is 0 Å². The predicted octanol–water partition coefficient (Wildman–Crippen LogP) is 3.94. The van der Waals surface area contributed by atoms with Gasteiger partial charge in [-0.25, -0.2) is 24.3 Å². The summed E-state index contributed by atoms with van der Waals surface area (Å²) in [4.78, 5) is 28.4. The Labute approximate surface area is 194 Å². The molecule has 3 aromatic heterocycles. The van der Waals surface area contributed by atoms with Crippen LogP contribution in [-0.2, 0) is 6.18 Å². The Hall–Kier alpha value is -4.62. The normalized spacial score (nSPS) is 11.3. The molecule has 0 unspecified atom stereocenters. The lowest BCUT2D eigenvalue weighted by Gasteiger charge is -2.12. The SMILES string of the molecule is O=[N+]([O-])c1ccc(NCCNc2ncc(-c3ncc[nH]3)c(-c3ccc(C(F)(F)F)cc3F)n2)[nH+]c1. The van der Waals surface area contributed by atoms with Crippen molar-refractivity contribution in [3.63, 3.8) is 0 Å². The summed E-state index contributed by atoms with van der Waals surface area (Å²) in [6, 6.07) is 5.07. The number of nitrogens with zero attached hydrogens (tertiary/aromatic N) is 4. The average Bonchev–Trinajstić information content (AvgIpc) is 3.36. The minimum atomic E-state index is -4.68. The molecule has 3 heterocycles. The molecule has 0 aliphatic rings. The summed E-state index contributed by atoms with van der Waals surface area (Å²) >= 11 is 0. The van der Waals surface area contributed by atoms with Crippen LogP contribution in [0.3, 0.4) is 0 Å². The van der Waals surface area contributed by atoms with Gasteiger partial charge in [0.05, 0.1) is 28.3 Å². The van der Waals surface area contributed by atoms with Crippen LogP contribution >= 0.6 is 0 Å². The van der Waals surface area contributed by atoms with Crippen molar-refractivity contribution < 1.29 is 27.5 Å². The molecular formula is C21H17F4N8O2+. The first-order valence-corrected chi connectivity index (χ1v) is 10.1. The van der Waals surface area contributed by atoms with Crippen LogP contribution in [0.15, 0.2) is 55.1 Å². The Bertz CT molecular complexity index is 1330. The lowest BCUT2D eigenvalue weighted by atomic mass is 10.0. The van der Waals surface area contributed by atoms with Gasteiger partial charge in [-0.3, -0.25) is 15.4 Å². The molecule has 0 atom stereocenters. The number of H-pyrrole nitrogens is 2. The molecule has 10 nitrogen and oxygen atoms in total. The van der Waals surface area contributed by atoms with Gasteiger partial charge in [0.25, 0.3) is 5.82 Å². The van der Waals surface area contributed by atoms with Crippen molar-refractivity contribution in [3.05, 3.63) is 76.6 Å². The zero-order valence-corrected chi connectivity index (χ0v) is 17.7. The van der Waals surface area contributed by atoms with E-state index in [9.17, 15) is 27.7 Å². The number of benzene rings is 1. The molecule has 0 saturated heterocycles. The maximum atomic E-state index is 14.7. The second-order valence-corrected chi connectivity index (χ2v) is 7.16. The van der Waals surface area contributed by atoms with E-state index in [-0.39, 0.29) is 22.9 Å². The highest BCUT2D eigenvalue weighted by molar-refractivity contribution is 5.78. The zero-order valence-electron chi connectivity index (χ0n) is 17.7. The zero-order chi connectivity index (χ0) is 25.0. The van der Waals surface area contributed by atoms with Crippen molar-refractivity contribution in [2.75, 3.05) is 23.7 Å². The van der Waals surface area contributed by atoms with E-state index in [1.807, 2.05) is 0 Å². The number of nitrogens with one attached hydrogen (secondary N) is 4. The number of nitro groups is 1. The highest BCUT2D eigenvalue weighted by Gasteiger charge is 2.31. The fraction of sp³-hybridized carbons (Fsp3) is 0.143. The standard InChI is InChI=1S/C21H16F4N8O2/c22-16-9-12(21(23,24)25)1-3-14(16)18-15(19-27-6-7-28-19)11-31-20(32-18)29-8-5-26-17-4-2-13(10-30-17)33(34)35/h1-4,6-7,9-11H,5,8H2,(H,26,30)(H,27,28)(H,29,31,32)/p+1. The first kappa shape index (κ1) is 23.5. The van der Waals surface area contributed by atoms with Crippen molar-refractivity contribution in [1.29, 1.82) is 0 Å². The molecule has 4 aromatic rings. The molecule has 1 aromatic carbocycles. The minimum absolute atomic E-state index is 0.0559. The first-order chi connectivity index (χ1) is 16.7. The molecule has 35 heavy (non-hydrogen) atoms. The number of rotatable bonds is 8. The van der Waals surface area contributed by atoms with Gasteiger partial charge in [-0.2, -0.15) is 13.2 Å². The van der Waals surface area contributed by atoms with E-state index < -0.39 is 22.5 Å². The Balaban J connectivity index is 1.53. The summed E-state index contributed by atoms with van der Waals surface area (Å²) < 4.78 is 53.6. The van der Waals surface area contributed by atoms with Crippen LogP contribution in [0.5, 0.6) is 0 Å². The monoisotopic (exact) mass is 489 g/mol. The largest absolute Gasteiger partial charge is 0.416 e. The van der Waals surface area contributed by atoms with Crippen LogP contribution in [0.1, 0.15) is 5.56 Å². The third kappa shape index (κ3) is 5.48. The molecule has 4 rings (SSSR count). The number of hydrogen-bond acceptors (Lipinski definition) is 7. The molecular weight excluding hydrogens is 472 g/mol. The third-order valence-electron chi connectivity index (χ3n) is 4.82. The molecule has 14 heteroatoms. The summed E-state index contributed by atoms with van der Waals surface area (Å²) in [6.45, 7) is 0.668. The molecule has 4 N–H and O–H groups in total. The van der Waals surface area contributed by atoms with E-state index in [0.29, 0.717) is 36.4 Å². The number of anilines is 2. The van der Waals surface area contributed by atoms with Gasteiger partial charge < -0.3 is 10.3 Å². The molecule has 0 spiro atoms. The van der Waals surface area contributed by atoms with E-state index in [4.69, 9.17) is 0 Å². The molecule has 180 valence electrons. The van der Waals surface area contributed by atoms with Crippen molar-refractivity contribution >= 4 is 17.5 Å². The number of pyridine rings is 1. The van der Waals surface area contributed by atoms with Gasteiger partial charge in [0.1, 0.15) is 18.2 Å². The summed E-state index contributed by atoms with van der Waals surface area (Å²) in [5.74, 6) is -0.114. The van der Waals surface area contributed by atoms with Gasteiger partial charge in [0, 0.05) is 36.3 Å². The van der Waals surface area contributed by atoms with E-state index in [2.05, 4.69) is 35.6 Å². The molecule has 0 bridgehead atoms. The highest BCUT2D eigenvalue weighted by Crippen LogP contribution is 2.35. The van der Waals surface area contributed by atoms with Crippen LogP contribution in [-0.4, -0.2) is 37.9 Å². The van der Waals surface area contributed by atoms with E-state index >= 15 is 0 Å². The van der Waals surface area contributed by atoms with E-state index in [0.717, 1.165) is 12.1 Å². The second kappa shape index (κ2) is 9.70. The van der Waals surface area contributed by atoms with Crippen LogP contribution in [0.2, 0.25) is 0 Å². The molecule has 0 aliphatic heterocycles. The Morgan fingerprint density at radius 1 is 1.09 bits per heavy atom. The van der Waals surface area contributed by atoms with Gasteiger partial charge in [0.2, 0.25) is 5.95 Å². The lowest BCUT2D eigenvalue weighted by molar-refractivity contribution is -0.413. The van der Waals surface area contributed by atoms with E-state index in [1.54, 1.807) is 0 Å². The second-order valence-electron chi connectivity index (χ2n) is 7.16.